The second-order valence-electron chi connectivity index (χ2n) is 3.89. The van der Waals surface area contributed by atoms with Crippen molar-refractivity contribution < 1.29 is 9.84 Å². The van der Waals surface area contributed by atoms with Crippen molar-refractivity contribution in [3.8, 4) is 11.5 Å². The molecule has 0 atom stereocenters. The van der Waals surface area contributed by atoms with Gasteiger partial charge in [-0.3, -0.25) is 9.78 Å². The lowest BCUT2D eigenvalue weighted by Crippen LogP contribution is -2.15. The Morgan fingerprint density at radius 2 is 2.25 bits per heavy atom. The smallest absolute Gasteiger partial charge is 0.274 e. The Labute approximate surface area is 114 Å². The molecule has 0 spiro atoms. The summed E-state index contributed by atoms with van der Waals surface area (Å²) in [5.41, 5.74) is 3.20. The number of methoxy groups -OCH3 is 1. The Kier molecular flexibility index (Phi) is 3.94. The van der Waals surface area contributed by atoms with Crippen molar-refractivity contribution >= 4 is 12.2 Å². The fraction of sp³-hybridized carbons (Fsp3) is 0.167. The molecule has 1 aromatic carbocycles. The fourth-order valence-corrected chi connectivity index (χ4v) is 1.39. The molecule has 0 radical (unpaired) electrons. The molecule has 0 unspecified atom stereocenters. The molecule has 8 heteroatoms. The largest absolute Gasteiger partial charge is 0.504 e. The van der Waals surface area contributed by atoms with Gasteiger partial charge in [-0.1, -0.05) is 0 Å². The maximum Gasteiger partial charge on any atom is 0.274 e. The van der Waals surface area contributed by atoms with E-state index in [1.807, 2.05) is 0 Å². The summed E-state index contributed by atoms with van der Waals surface area (Å²) in [6, 6.07) is 4.77. The zero-order valence-electron chi connectivity index (χ0n) is 10.9. The molecule has 0 aliphatic rings. The van der Waals surface area contributed by atoms with Crippen molar-refractivity contribution in [2.24, 2.45) is 5.10 Å². The Hall–Kier alpha value is -2.90. The van der Waals surface area contributed by atoms with E-state index in [2.05, 4.69) is 25.7 Å². The van der Waals surface area contributed by atoms with Crippen LogP contribution in [-0.2, 0) is 0 Å². The van der Waals surface area contributed by atoms with Gasteiger partial charge in [-0.15, -0.1) is 10.2 Å². The van der Waals surface area contributed by atoms with Crippen molar-refractivity contribution in [3.05, 3.63) is 39.8 Å². The number of H-pyrrole nitrogens is 1. The number of phenols is 1. The molecule has 0 saturated carbocycles. The van der Waals surface area contributed by atoms with E-state index >= 15 is 0 Å². The number of benzene rings is 1. The van der Waals surface area contributed by atoms with Gasteiger partial charge in [0.25, 0.3) is 5.56 Å². The van der Waals surface area contributed by atoms with E-state index in [0.717, 1.165) is 0 Å². The third-order valence-electron chi connectivity index (χ3n) is 2.45. The Morgan fingerprint density at radius 3 is 2.95 bits per heavy atom. The summed E-state index contributed by atoms with van der Waals surface area (Å²) < 4.78 is 4.98. The van der Waals surface area contributed by atoms with Gasteiger partial charge in [-0.25, -0.2) is 5.43 Å². The van der Waals surface area contributed by atoms with Crippen LogP contribution in [0.2, 0.25) is 0 Å². The van der Waals surface area contributed by atoms with Crippen LogP contribution in [0.3, 0.4) is 0 Å². The van der Waals surface area contributed by atoms with Crippen LogP contribution in [0.25, 0.3) is 0 Å². The van der Waals surface area contributed by atoms with Crippen LogP contribution in [0, 0.1) is 6.92 Å². The molecule has 0 bridgehead atoms. The van der Waals surface area contributed by atoms with Gasteiger partial charge in [0, 0.05) is 0 Å². The van der Waals surface area contributed by atoms with E-state index in [9.17, 15) is 9.90 Å². The maximum atomic E-state index is 11.3. The van der Waals surface area contributed by atoms with Gasteiger partial charge in [-0.05, 0) is 30.7 Å². The van der Waals surface area contributed by atoms with Crippen molar-refractivity contribution in [2.75, 3.05) is 12.5 Å². The molecular weight excluding hydrogens is 262 g/mol. The van der Waals surface area contributed by atoms with Crippen molar-refractivity contribution in [1.82, 2.24) is 15.2 Å². The van der Waals surface area contributed by atoms with E-state index < -0.39 is 0 Å². The van der Waals surface area contributed by atoms with E-state index in [-0.39, 0.29) is 23.0 Å². The van der Waals surface area contributed by atoms with Gasteiger partial charge < -0.3 is 9.84 Å². The molecule has 0 aliphatic carbocycles. The van der Waals surface area contributed by atoms with Crippen molar-refractivity contribution in [1.29, 1.82) is 0 Å². The summed E-state index contributed by atoms with van der Waals surface area (Å²) in [5, 5.41) is 20.7. The summed E-state index contributed by atoms with van der Waals surface area (Å²) in [5.74, 6) is 0.534. The van der Waals surface area contributed by atoms with E-state index in [1.165, 1.54) is 19.4 Å². The number of hydrogen-bond donors (Lipinski definition) is 3. The van der Waals surface area contributed by atoms with Crippen LogP contribution in [0.5, 0.6) is 11.5 Å². The monoisotopic (exact) mass is 275 g/mol. The number of aromatic nitrogens is 3. The van der Waals surface area contributed by atoms with Gasteiger partial charge in [-0.2, -0.15) is 5.10 Å². The number of hydrazone groups is 1. The number of phenolic OH excluding ortho intramolecular Hbond substituents is 1. The number of aryl methyl sites for hydroxylation is 1. The SMILES string of the molecule is COc1cc(/C=N\Nc2nnc(C)c(=O)[nH]2)ccc1O. The summed E-state index contributed by atoms with van der Waals surface area (Å²) in [7, 11) is 1.46. The first-order valence-corrected chi connectivity index (χ1v) is 5.70. The van der Waals surface area contributed by atoms with Gasteiger partial charge in [0.1, 0.15) is 5.69 Å². The highest BCUT2D eigenvalue weighted by molar-refractivity contribution is 5.81. The Balaban J connectivity index is 2.10. The molecule has 0 amide bonds. The molecule has 3 N–H and O–H groups in total. The number of rotatable bonds is 4. The van der Waals surface area contributed by atoms with Crippen LogP contribution in [0.15, 0.2) is 28.1 Å². The zero-order valence-corrected chi connectivity index (χ0v) is 10.9. The first-order chi connectivity index (χ1) is 9.60. The molecule has 104 valence electrons. The maximum absolute atomic E-state index is 11.3. The van der Waals surface area contributed by atoms with E-state index in [1.54, 1.807) is 19.1 Å². The van der Waals surface area contributed by atoms with Gasteiger partial charge >= 0.3 is 0 Å². The molecule has 20 heavy (non-hydrogen) atoms. The highest BCUT2D eigenvalue weighted by atomic mass is 16.5. The molecule has 2 rings (SSSR count). The fourth-order valence-electron chi connectivity index (χ4n) is 1.39. The number of aromatic amines is 1. The average Bonchev–Trinajstić information content (AvgIpc) is 2.44. The predicted molar refractivity (Wildman–Crippen MR) is 73.3 cm³/mol. The molecule has 0 aliphatic heterocycles. The van der Waals surface area contributed by atoms with E-state index in [0.29, 0.717) is 11.3 Å². The third-order valence-corrected chi connectivity index (χ3v) is 2.45. The van der Waals surface area contributed by atoms with Crippen LogP contribution >= 0.6 is 0 Å². The normalized spacial score (nSPS) is 10.7. The quantitative estimate of drug-likeness (QED) is 0.557. The standard InChI is InChI=1S/C12H13N5O3/c1-7-11(19)14-12(17-15-7)16-13-6-8-3-4-9(18)10(5-8)20-2/h3-6,18H,1-2H3,(H2,14,16,17,19)/b13-6-. The van der Waals surface area contributed by atoms with Crippen LogP contribution < -0.4 is 15.7 Å². The predicted octanol–water partition coefficient (Wildman–Crippen LogP) is 0.634. The summed E-state index contributed by atoms with van der Waals surface area (Å²) >= 11 is 0. The number of anilines is 1. The highest BCUT2D eigenvalue weighted by Gasteiger charge is 2.01. The summed E-state index contributed by atoms with van der Waals surface area (Å²) in [6.45, 7) is 1.56. The average molecular weight is 275 g/mol. The number of nitrogens with one attached hydrogen (secondary N) is 2. The number of nitrogens with zero attached hydrogens (tertiary/aromatic N) is 3. The van der Waals surface area contributed by atoms with Gasteiger partial charge in [0.15, 0.2) is 11.5 Å². The van der Waals surface area contributed by atoms with Crippen molar-refractivity contribution in [3.63, 3.8) is 0 Å². The van der Waals surface area contributed by atoms with Crippen LogP contribution in [0.1, 0.15) is 11.3 Å². The number of hydrogen-bond acceptors (Lipinski definition) is 7. The zero-order chi connectivity index (χ0) is 14.5. The molecule has 1 heterocycles. The summed E-state index contributed by atoms with van der Waals surface area (Å²) in [4.78, 5) is 13.8. The number of aromatic hydroxyl groups is 1. The third kappa shape index (κ3) is 3.10. The van der Waals surface area contributed by atoms with Crippen molar-refractivity contribution in [2.45, 2.75) is 6.92 Å². The molecule has 2 aromatic rings. The van der Waals surface area contributed by atoms with Crippen LogP contribution in [-0.4, -0.2) is 33.6 Å². The molecule has 0 fully saturated rings. The second-order valence-corrected chi connectivity index (χ2v) is 3.89. The first-order valence-electron chi connectivity index (χ1n) is 5.70. The molecular formula is C12H13N5O3. The molecule has 8 nitrogen and oxygen atoms in total. The molecule has 0 saturated heterocycles. The lowest BCUT2D eigenvalue weighted by atomic mass is 10.2. The van der Waals surface area contributed by atoms with Gasteiger partial charge in [0.05, 0.1) is 13.3 Å². The van der Waals surface area contributed by atoms with E-state index in [4.69, 9.17) is 4.74 Å². The van der Waals surface area contributed by atoms with Crippen LogP contribution in [0.4, 0.5) is 5.95 Å². The first kappa shape index (κ1) is 13.5. The number of ether oxygens (including phenoxy) is 1. The lowest BCUT2D eigenvalue weighted by molar-refractivity contribution is 0.373. The summed E-state index contributed by atoms with van der Waals surface area (Å²) in [6.07, 6.45) is 1.49. The Bertz CT molecular complexity index is 696. The minimum absolute atomic E-state index is 0.0475. The molecule has 1 aromatic heterocycles. The topological polar surface area (TPSA) is 112 Å². The minimum atomic E-state index is -0.330. The minimum Gasteiger partial charge on any atom is -0.504 e. The second kappa shape index (κ2) is 5.83. The Morgan fingerprint density at radius 1 is 1.45 bits per heavy atom. The van der Waals surface area contributed by atoms with Gasteiger partial charge in [0.2, 0.25) is 5.95 Å². The lowest BCUT2D eigenvalue weighted by Gasteiger charge is -2.03. The highest BCUT2D eigenvalue weighted by Crippen LogP contribution is 2.25.